The van der Waals surface area contributed by atoms with Gasteiger partial charge < -0.3 is 30.0 Å². The molecule has 18 heteroatoms. The topological polar surface area (TPSA) is 188 Å². The Labute approximate surface area is 350 Å². The first kappa shape index (κ1) is 39.6. The van der Waals surface area contributed by atoms with Crippen LogP contribution in [0.3, 0.4) is 0 Å². The number of hydrogen-bond acceptors (Lipinski definition) is 12. The smallest absolute Gasteiger partial charge is 0.332 e. The molecule has 8 aromatic rings. The van der Waals surface area contributed by atoms with E-state index in [1.807, 2.05) is 59.3 Å². The second-order valence-corrected chi connectivity index (χ2v) is 17.9. The number of aryl methyl sites for hydroxylation is 4. The molecule has 2 fully saturated rings. The van der Waals surface area contributed by atoms with Gasteiger partial charge in [0, 0.05) is 49.7 Å². The predicted molar refractivity (Wildman–Crippen MR) is 237 cm³/mol. The van der Waals surface area contributed by atoms with Crippen molar-refractivity contribution in [2.24, 2.45) is 28.2 Å². The fourth-order valence-corrected chi connectivity index (χ4v) is 10.1. The maximum atomic E-state index is 13.3. The summed E-state index contributed by atoms with van der Waals surface area (Å²) in [6.45, 7) is 0.409. The van der Waals surface area contributed by atoms with E-state index < -0.39 is 0 Å². The van der Waals surface area contributed by atoms with Gasteiger partial charge in [-0.05, 0) is 108 Å². The minimum absolute atomic E-state index is 0.104. The molecule has 2 saturated carbocycles. The van der Waals surface area contributed by atoms with Crippen LogP contribution in [-0.2, 0) is 41.3 Å². The Kier molecular flexibility index (Phi) is 10.3. The van der Waals surface area contributed by atoms with Crippen molar-refractivity contribution >= 4 is 77.1 Å². The number of nitrogens with zero attached hydrogens (tertiary/aromatic N) is 8. The minimum Gasteiger partial charge on any atom is -0.393 e. The monoisotopic (exact) mass is 850 g/mol. The maximum absolute atomic E-state index is 13.3. The number of thiophene rings is 2. The van der Waals surface area contributed by atoms with E-state index in [0.717, 1.165) is 47.6 Å². The molecule has 2 aliphatic rings. The van der Waals surface area contributed by atoms with Gasteiger partial charge in [0.1, 0.15) is 0 Å². The van der Waals surface area contributed by atoms with Crippen LogP contribution in [0.5, 0.6) is 0 Å². The standard InChI is InChI=1S/2C21H23N5O3S/c2*1-24-17-18(23-20(24)22-14-4-5-15(27)10-14)25(2)21(29)26(19(17)28)11-12-3-6-16-13(9-12)7-8-30-16/h2*3,6-9,14-15,27H,4-5,10-11H2,1-2H3,(H,22,23)/t14?,15-;14-,15-/m11/s1. The molecule has 10 rings (SSSR count). The van der Waals surface area contributed by atoms with Crippen molar-refractivity contribution < 1.29 is 10.2 Å². The zero-order valence-corrected chi connectivity index (χ0v) is 35.3. The lowest BCUT2D eigenvalue weighted by Gasteiger charge is -2.12. The second-order valence-electron chi connectivity index (χ2n) is 16.0. The SMILES string of the molecule is Cn1c(NC2CC[C@@H](O)C2)nc2c1c(=O)n(Cc1ccc3sccc3c1)c(=O)n2C.Cn1c(N[C@@H]2CC[C@@H](O)C2)nc2c1c(=O)n(Cc1ccc3sccc3c1)c(=O)n2C. The van der Waals surface area contributed by atoms with Crippen molar-refractivity contribution in [2.75, 3.05) is 10.6 Å². The molecule has 16 nitrogen and oxygen atoms in total. The Morgan fingerprint density at radius 3 is 1.40 bits per heavy atom. The van der Waals surface area contributed by atoms with Crippen LogP contribution >= 0.6 is 22.7 Å². The number of aromatic nitrogens is 8. The van der Waals surface area contributed by atoms with E-state index in [2.05, 4.69) is 20.6 Å². The summed E-state index contributed by atoms with van der Waals surface area (Å²) in [5.74, 6) is 1.07. The number of hydrogen-bond donors (Lipinski definition) is 4. The van der Waals surface area contributed by atoms with Crippen LogP contribution in [0.4, 0.5) is 11.9 Å². The molecule has 4 N–H and O–H groups in total. The Balaban J connectivity index is 0.000000154. The lowest BCUT2D eigenvalue weighted by molar-refractivity contribution is 0.181. The van der Waals surface area contributed by atoms with Gasteiger partial charge in [-0.3, -0.25) is 27.9 Å². The van der Waals surface area contributed by atoms with E-state index in [4.69, 9.17) is 0 Å². The van der Waals surface area contributed by atoms with E-state index in [1.54, 1.807) is 60.0 Å². The third-order valence-corrected chi connectivity index (χ3v) is 13.7. The normalized spacial score (nSPS) is 19.2. The van der Waals surface area contributed by atoms with Crippen LogP contribution in [0, 0.1) is 0 Å². The first-order valence-corrected chi connectivity index (χ1v) is 21.7. The number of benzene rings is 2. The predicted octanol–water partition coefficient (Wildman–Crippen LogP) is 4.04. The average Bonchev–Trinajstić information content (AvgIpc) is 4.10. The lowest BCUT2D eigenvalue weighted by Crippen LogP contribution is -2.39. The van der Waals surface area contributed by atoms with E-state index in [9.17, 15) is 29.4 Å². The van der Waals surface area contributed by atoms with Crippen LogP contribution in [0.15, 0.2) is 78.5 Å². The van der Waals surface area contributed by atoms with E-state index in [-0.39, 0.29) is 59.9 Å². The summed E-state index contributed by atoms with van der Waals surface area (Å²) in [6.07, 6.45) is 3.88. The summed E-state index contributed by atoms with van der Waals surface area (Å²) in [6, 6.07) is 16.3. The van der Waals surface area contributed by atoms with Crippen molar-refractivity contribution in [3.05, 3.63) is 112 Å². The highest BCUT2D eigenvalue weighted by Crippen LogP contribution is 2.26. The Hall–Kier alpha value is -5.82. The highest BCUT2D eigenvalue weighted by Gasteiger charge is 2.27. The molecular formula is C42H46N10O6S2. The number of anilines is 2. The maximum Gasteiger partial charge on any atom is 0.332 e. The van der Waals surface area contributed by atoms with Gasteiger partial charge in [0.05, 0.1) is 25.3 Å². The molecule has 0 spiro atoms. The highest BCUT2D eigenvalue weighted by molar-refractivity contribution is 7.17. The van der Waals surface area contributed by atoms with E-state index >= 15 is 0 Å². The molecule has 0 radical (unpaired) electrons. The van der Waals surface area contributed by atoms with E-state index in [0.29, 0.717) is 47.1 Å². The van der Waals surface area contributed by atoms with Crippen LogP contribution in [-0.4, -0.2) is 71.9 Å². The summed E-state index contributed by atoms with van der Waals surface area (Å²) >= 11 is 3.32. The average molecular weight is 851 g/mol. The molecule has 60 heavy (non-hydrogen) atoms. The van der Waals surface area contributed by atoms with Gasteiger partial charge in [-0.15, -0.1) is 22.7 Å². The molecule has 1 unspecified atom stereocenters. The molecular weight excluding hydrogens is 805 g/mol. The Bertz CT molecular complexity index is 2970. The van der Waals surface area contributed by atoms with Crippen molar-refractivity contribution in [3.8, 4) is 0 Å². The summed E-state index contributed by atoms with van der Waals surface area (Å²) < 4.78 is 11.1. The summed E-state index contributed by atoms with van der Waals surface area (Å²) in [4.78, 5) is 61.5. The van der Waals surface area contributed by atoms with Gasteiger partial charge in [-0.25, -0.2) is 9.59 Å². The van der Waals surface area contributed by atoms with Gasteiger partial charge in [0.15, 0.2) is 22.3 Å². The number of aliphatic hydroxyl groups is 2. The van der Waals surface area contributed by atoms with Crippen molar-refractivity contribution in [1.82, 2.24) is 37.4 Å². The molecule has 6 aromatic heterocycles. The van der Waals surface area contributed by atoms with Gasteiger partial charge in [-0.2, -0.15) is 9.97 Å². The number of nitrogens with one attached hydrogen (secondary N) is 2. The minimum atomic E-state index is -0.390. The van der Waals surface area contributed by atoms with Crippen LogP contribution < -0.4 is 33.1 Å². The molecule has 0 saturated heterocycles. The number of rotatable bonds is 8. The van der Waals surface area contributed by atoms with Crippen LogP contribution in [0.25, 0.3) is 42.5 Å². The molecule has 0 aliphatic heterocycles. The number of imidazole rings is 2. The first-order chi connectivity index (χ1) is 28.8. The fraction of sp³-hybridized carbons (Fsp3) is 0.381. The van der Waals surface area contributed by atoms with Crippen molar-refractivity contribution in [2.45, 2.75) is 75.9 Å². The third kappa shape index (κ3) is 7.16. The third-order valence-electron chi connectivity index (χ3n) is 11.9. The molecule has 2 aromatic carbocycles. The summed E-state index contributed by atoms with van der Waals surface area (Å²) in [7, 11) is 6.82. The van der Waals surface area contributed by atoms with Gasteiger partial charge >= 0.3 is 11.4 Å². The molecule has 0 amide bonds. The number of aliphatic hydroxyl groups excluding tert-OH is 2. The first-order valence-electron chi connectivity index (χ1n) is 20.0. The Morgan fingerprint density at radius 2 is 1.02 bits per heavy atom. The second kappa shape index (κ2) is 15.7. The van der Waals surface area contributed by atoms with Gasteiger partial charge in [-0.1, -0.05) is 12.1 Å². The Morgan fingerprint density at radius 1 is 0.600 bits per heavy atom. The van der Waals surface area contributed by atoms with Crippen molar-refractivity contribution in [3.63, 3.8) is 0 Å². The van der Waals surface area contributed by atoms with Crippen LogP contribution in [0.2, 0.25) is 0 Å². The van der Waals surface area contributed by atoms with Crippen molar-refractivity contribution in [1.29, 1.82) is 0 Å². The van der Waals surface area contributed by atoms with E-state index in [1.165, 1.54) is 27.7 Å². The quantitative estimate of drug-likeness (QED) is 0.174. The number of fused-ring (bicyclic) bond motifs is 4. The fourth-order valence-electron chi connectivity index (χ4n) is 8.56. The van der Waals surface area contributed by atoms with Gasteiger partial charge in [0.2, 0.25) is 11.9 Å². The zero-order chi connectivity index (χ0) is 42.0. The molecule has 0 bridgehead atoms. The molecule has 312 valence electrons. The highest BCUT2D eigenvalue weighted by atomic mass is 32.1. The summed E-state index contributed by atoms with van der Waals surface area (Å²) in [5, 5.41) is 32.5. The molecule has 6 heterocycles. The molecule has 4 atom stereocenters. The van der Waals surface area contributed by atoms with Crippen LogP contribution in [0.1, 0.15) is 49.7 Å². The molecule has 2 aliphatic carbocycles. The zero-order valence-electron chi connectivity index (χ0n) is 33.7. The largest absolute Gasteiger partial charge is 0.393 e. The lowest BCUT2D eigenvalue weighted by atomic mass is 10.1. The van der Waals surface area contributed by atoms with Gasteiger partial charge in [0.25, 0.3) is 11.1 Å². The summed E-state index contributed by atoms with van der Waals surface area (Å²) in [5.41, 5.74) is 1.80.